The minimum Gasteiger partial charge on any atom is -0.389 e. The molecule has 0 bridgehead atoms. The maximum Gasteiger partial charge on any atom is 0.240 e. The van der Waals surface area contributed by atoms with E-state index in [1.807, 2.05) is 11.8 Å². The molecule has 3 fully saturated rings. The average molecular weight is 449 g/mol. The van der Waals surface area contributed by atoms with Crippen LogP contribution in [0.5, 0.6) is 0 Å². The van der Waals surface area contributed by atoms with Gasteiger partial charge in [0, 0.05) is 31.5 Å². The Balaban J connectivity index is 1.25. The normalized spacial score (nSPS) is 31.8. The summed E-state index contributed by atoms with van der Waals surface area (Å²) in [5.74, 6) is 0.784. The van der Waals surface area contributed by atoms with Crippen LogP contribution in [0.25, 0.3) is 0 Å². The smallest absolute Gasteiger partial charge is 0.240 e. The quantitative estimate of drug-likeness (QED) is 0.724. The molecule has 2 aliphatic carbocycles. The number of rotatable bonds is 5. The molecule has 3 aliphatic rings. The Morgan fingerprint density at radius 1 is 1.10 bits per heavy atom. The summed E-state index contributed by atoms with van der Waals surface area (Å²) in [7, 11) is -3.49. The third kappa shape index (κ3) is 5.15. The largest absolute Gasteiger partial charge is 0.389 e. The van der Waals surface area contributed by atoms with Crippen molar-refractivity contribution in [3.8, 4) is 0 Å². The molecule has 2 atom stereocenters. The molecule has 6 nitrogen and oxygen atoms in total. The van der Waals surface area contributed by atoms with Crippen molar-refractivity contribution in [2.75, 3.05) is 19.6 Å². The zero-order valence-electron chi connectivity index (χ0n) is 18.6. The molecule has 2 N–H and O–H groups in total. The highest BCUT2D eigenvalue weighted by atomic mass is 32.2. The molecular formula is C24H36N2O4S. The van der Waals surface area contributed by atoms with E-state index < -0.39 is 15.6 Å². The van der Waals surface area contributed by atoms with Gasteiger partial charge in [-0.3, -0.25) is 4.79 Å². The van der Waals surface area contributed by atoms with E-state index in [2.05, 4.69) is 4.72 Å². The van der Waals surface area contributed by atoms with Gasteiger partial charge in [0.05, 0.1) is 10.5 Å². The van der Waals surface area contributed by atoms with E-state index in [0.717, 1.165) is 56.9 Å². The highest BCUT2D eigenvalue weighted by Gasteiger charge is 2.44. The minimum atomic E-state index is -3.49. The van der Waals surface area contributed by atoms with Gasteiger partial charge >= 0.3 is 0 Å². The number of nitrogens with one attached hydrogen (secondary N) is 1. The number of carbonyl (C=O) groups excluding carboxylic acids is 1. The van der Waals surface area contributed by atoms with Crippen LogP contribution in [-0.4, -0.2) is 49.6 Å². The zero-order valence-corrected chi connectivity index (χ0v) is 19.4. The molecule has 172 valence electrons. The number of nitrogens with zero attached hydrogens (tertiary/aromatic N) is 1. The summed E-state index contributed by atoms with van der Waals surface area (Å²) < 4.78 is 27.8. The highest BCUT2D eigenvalue weighted by Crippen LogP contribution is 2.40. The lowest BCUT2D eigenvalue weighted by molar-refractivity contribution is -0.148. The summed E-state index contributed by atoms with van der Waals surface area (Å²) in [6.07, 6.45) is 8.23. The predicted molar refractivity (Wildman–Crippen MR) is 120 cm³/mol. The molecule has 1 saturated heterocycles. The van der Waals surface area contributed by atoms with Crippen LogP contribution in [0, 0.1) is 24.7 Å². The van der Waals surface area contributed by atoms with Crippen molar-refractivity contribution in [1.29, 1.82) is 0 Å². The Bertz CT molecular complexity index is 877. The molecule has 1 aliphatic heterocycles. The number of hydrogen-bond acceptors (Lipinski definition) is 4. The lowest BCUT2D eigenvalue weighted by Gasteiger charge is -2.48. The van der Waals surface area contributed by atoms with Crippen LogP contribution in [0.3, 0.4) is 0 Å². The third-order valence-electron chi connectivity index (χ3n) is 7.83. The van der Waals surface area contributed by atoms with Crippen LogP contribution < -0.4 is 4.72 Å². The highest BCUT2D eigenvalue weighted by molar-refractivity contribution is 7.89. The zero-order chi connectivity index (χ0) is 22.1. The molecule has 7 heteroatoms. The Kier molecular flexibility index (Phi) is 6.75. The second-order valence-corrected chi connectivity index (χ2v) is 11.7. The van der Waals surface area contributed by atoms with Gasteiger partial charge in [0.1, 0.15) is 0 Å². The fraction of sp³-hybridized carbons (Fsp3) is 0.708. The molecule has 1 aromatic carbocycles. The van der Waals surface area contributed by atoms with Crippen LogP contribution in [0.1, 0.15) is 63.4 Å². The molecule has 2 saturated carbocycles. The van der Waals surface area contributed by atoms with Crippen molar-refractivity contribution in [3.63, 3.8) is 0 Å². The fourth-order valence-corrected chi connectivity index (χ4v) is 6.79. The van der Waals surface area contributed by atoms with E-state index in [-0.39, 0.29) is 23.7 Å². The summed E-state index contributed by atoms with van der Waals surface area (Å²) in [5, 5.41) is 10.9. The lowest BCUT2D eigenvalue weighted by Crippen LogP contribution is -2.55. The maximum atomic E-state index is 13.1. The Morgan fingerprint density at radius 2 is 1.81 bits per heavy atom. The first kappa shape index (κ1) is 22.7. The summed E-state index contributed by atoms with van der Waals surface area (Å²) in [6, 6.07) is 6.89. The van der Waals surface area contributed by atoms with Crippen LogP contribution in [0.15, 0.2) is 29.2 Å². The molecule has 0 spiro atoms. The number of fused-ring (bicyclic) bond motifs is 1. The number of sulfonamides is 1. The van der Waals surface area contributed by atoms with Crippen LogP contribution in [0.4, 0.5) is 0 Å². The monoisotopic (exact) mass is 448 g/mol. The number of carbonyl (C=O) groups is 1. The Hall–Kier alpha value is -1.44. The van der Waals surface area contributed by atoms with Gasteiger partial charge in [-0.2, -0.15) is 0 Å². The van der Waals surface area contributed by atoms with Gasteiger partial charge in [-0.05, 0) is 69.9 Å². The van der Waals surface area contributed by atoms with Crippen LogP contribution in [-0.2, 0) is 14.8 Å². The van der Waals surface area contributed by atoms with Gasteiger partial charge in [0.2, 0.25) is 15.9 Å². The van der Waals surface area contributed by atoms with Crippen molar-refractivity contribution >= 4 is 15.9 Å². The van der Waals surface area contributed by atoms with Gasteiger partial charge in [0.15, 0.2) is 0 Å². The maximum absolute atomic E-state index is 13.1. The van der Waals surface area contributed by atoms with E-state index in [4.69, 9.17) is 0 Å². The van der Waals surface area contributed by atoms with E-state index in [9.17, 15) is 18.3 Å². The number of amides is 1. The molecule has 31 heavy (non-hydrogen) atoms. The summed E-state index contributed by atoms with van der Waals surface area (Å²) in [6.45, 7) is 3.73. The molecule has 4 rings (SSSR count). The van der Waals surface area contributed by atoms with Gasteiger partial charge in [-0.15, -0.1) is 0 Å². The third-order valence-corrected chi connectivity index (χ3v) is 9.27. The second-order valence-electron chi connectivity index (χ2n) is 9.96. The number of benzene rings is 1. The molecule has 1 heterocycles. The molecular weight excluding hydrogens is 412 g/mol. The Morgan fingerprint density at radius 3 is 2.52 bits per heavy atom. The first-order chi connectivity index (χ1) is 14.8. The van der Waals surface area contributed by atoms with E-state index in [1.165, 1.54) is 0 Å². The van der Waals surface area contributed by atoms with E-state index in [1.54, 1.807) is 24.3 Å². The summed E-state index contributed by atoms with van der Waals surface area (Å²) >= 11 is 0. The van der Waals surface area contributed by atoms with Crippen molar-refractivity contribution in [1.82, 2.24) is 9.62 Å². The number of likely N-dealkylation sites (tertiary alicyclic amines) is 1. The van der Waals surface area contributed by atoms with Gasteiger partial charge in [-0.25, -0.2) is 13.1 Å². The summed E-state index contributed by atoms with van der Waals surface area (Å²) in [4.78, 5) is 15.4. The fourth-order valence-electron chi connectivity index (χ4n) is 5.67. The molecule has 1 amide bonds. The standard InChI is InChI=1S/C24H36N2O4S/c1-18-5-11-22(12-6-18)31(29,30)25-16-19-7-9-20(10-8-19)23(27)26-15-14-24(28)13-3-2-4-21(24)17-26/h5-6,11-12,19-21,25,28H,2-4,7-10,13-17H2,1H3/t19?,20?,21-,24+/m0/s1. The molecule has 0 unspecified atom stereocenters. The summed E-state index contributed by atoms with van der Waals surface area (Å²) in [5.41, 5.74) is 0.477. The van der Waals surface area contributed by atoms with Crippen molar-refractivity contribution in [2.45, 2.75) is 75.2 Å². The number of aliphatic hydroxyl groups is 1. The average Bonchev–Trinajstić information content (AvgIpc) is 2.77. The molecule has 0 aromatic heterocycles. The molecule has 1 aromatic rings. The van der Waals surface area contributed by atoms with E-state index in [0.29, 0.717) is 31.0 Å². The topological polar surface area (TPSA) is 86.7 Å². The van der Waals surface area contributed by atoms with Crippen molar-refractivity contribution in [2.24, 2.45) is 17.8 Å². The number of hydrogen-bond donors (Lipinski definition) is 2. The number of aryl methyl sites for hydroxylation is 1. The number of piperidine rings is 1. The van der Waals surface area contributed by atoms with Gasteiger partial charge in [-0.1, -0.05) is 30.5 Å². The van der Waals surface area contributed by atoms with Crippen molar-refractivity contribution in [3.05, 3.63) is 29.8 Å². The lowest BCUT2D eigenvalue weighted by atomic mass is 9.71. The first-order valence-electron chi connectivity index (χ1n) is 11.8. The first-order valence-corrected chi connectivity index (χ1v) is 13.3. The minimum absolute atomic E-state index is 0.0414. The molecule has 0 radical (unpaired) electrons. The van der Waals surface area contributed by atoms with Crippen molar-refractivity contribution < 1.29 is 18.3 Å². The second kappa shape index (κ2) is 9.20. The Labute approximate surface area is 186 Å². The van der Waals surface area contributed by atoms with Crippen LogP contribution >= 0.6 is 0 Å². The van der Waals surface area contributed by atoms with Gasteiger partial charge in [0.25, 0.3) is 0 Å². The predicted octanol–water partition coefficient (Wildman–Crippen LogP) is 3.23. The van der Waals surface area contributed by atoms with Crippen LogP contribution in [0.2, 0.25) is 0 Å². The van der Waals surface area contributed by atoms with Gasteiger partial charge < -0.3 is 10.0 Å². The van der Waals surface area contributed by atoms with E-state index >= 15 is 0 Å². The SMILES string of the molecule is Cc1ccc(S(=O)(=O)NCC2CCC(C(=O)N3CC[C@]4(O)CCCC[C@H]4C3)CC2)cc1.